The van der Waals surface area contributed by atoms with Crippen molar-refractivity contribution < 1.29 is 13.9 Å². The van der Waals surface area contributed by atoms with Crippen molar-refractivity contribution in [3.8, 4) is 0 Å². The average molecular weight is 255 g/mol. The minimum absolute atomic E-state index is 0.251. The van der Waals surface area contributed by atoms with Crippen LogP contribution in [0.2, 0.25) is 0 Å². The van der Waals surface area contributed by atoms with Gasteiger partial charge in [0.25, 0.3) is 0 Å². The van der Waals surface area contributed by atoms with Crippen LogP contribution in [0.25, 0.3) is 0 Å². The molecule has 0 saturated heterocycles. The van der Waals surface area contributed by atoms with Crippen molar-refractivity contribution in [3.05, 3.63) is 35.1 Å². The Hall–Kier alpha value is -0.970. The van der Waals surface area contributed by atoms with Crippen LogP contribution in [0.5, 0.6) is 0 Å². The Bertz CT molecular complexity index is 345. The molecule has 1 aromatic rings. The Morgan fingerprint density at radius 3 is 2.67 bits per heavy atom. The van der Waals surface area contributed by atoms with Crippen LogP contribution in [0.15, 0.2) is 18.2 Å². The molecule has 0 amide bonds. The van der Waals surface area contributed by atoms with Crippen molar-refractivity contribution in [2.75, 3.05) is 19.8 Å². The lowest BCUT2D eigenvalue weighted by Crippen LogP contribution is -2.06. The highest BCUT2D eigenvalue weighted by Gasteiger charge is 2.03. The molecule has 0 fully saturated rings. The molecule has 0 unspecified atom stereocenters. The first-order valence-corrected chi connectivity index (χ1v) is 6.40. The lowest BCUT2D eigenvalue weighted by atomic mass is 10.1. The zero-order chi connectivity index (χ0) is 13.2. The van der Waals surface area contributed by atoms with Gasteiger partial charge in [-0.25, -0.2) is 4.39 Å². The smallest absolute Gasteiger partial charge is 0.128 e. The van der Waals surface area contributed by atoms with Crippen LogP contribution in [-0.2, 0) is 22.6 Å². The summed E-state index contributed by atoms with van der Waals surface area (Å²) in [5.41, 5.74) is 6.97. The van der Waals surface area contributed by atoms with Gasteiger partial charge in [-0.1, -0.05) is 19.4 Å². The molecule has 0 heterocycles. The van der Waals surface area contributed by atoms with Gasteiger partial charge in [-0.3, -0.25) is 0 Å². The molecule has 0 aliphatic rings. The Morgan fingerprint density at radius 1 is 1.17 bits per heavy atom. The predicted molar refractivity (Wildman–Crippen MR) is 69.7 cm³/mol. The summed E-state index contributed by atoms with van der Waals surface area (Å²) in [5, 5.41) is 0. The maximum atomic E-state index is 13.4. The minimum Gasteiger partial charge on any atom is -0.379 e. The highest BCUT2D eigenvalue weighted by atomic mass is 19.1. The number of benzene rings is 1. The fraction of sp³-hybridized carbons (Fsp3) is 0.571. The first-order valence-electron chi connectivity index (χ1n) is 6.40. The van der Waals surface area contributed by atoms with E-state index in [4.69, 9.17) is 15.2 Å². The summed E-state index contributed by atoms with van der Waals surface area (Å²) in [6.45, 7) is 4.59. The first-order chi connectivity index (χ1) is 8.77. The van der Waals surface area contributed by atoms with Crippen molar-refractivity contribution in [2.45, 2.75) is 32.9 Å². The molecule has 0 aromatic heterocycles. The lowest BCUT2D eigenvalue weighted by molar-refractivity contribution is 0.0387. The molecule has 0 spiro atoms. The van der Waals surface area contributed by atoms with Crippen LogP contribution in [-0.4, -0.2) is 19.8 Å². The molecule has 0 atom stereocenters. The summed E-state index contributed by atoms with van der Waals surface area (Å²) in [6, 6.07) is 4.86. The topological polar surface area (TPSA) is 44.5 Å². The van der Waals surface area contributed by atoms with E-state index in [9.17, 15) is 4.39 Å². The summed E-state index contributed by atoms with van der Waals surface area (Å²) in [5.74, 6) is -0.251. The molecule has 2 N–H and O–H groups in total. The molecule has 0 bridgehead atoms. The number of unbranched alkanes of at least 4 members (excludes halogenated alkanes) is 1. The molecule has 1 aromatic carbocycles. The molecule has 0 saturated carbocycles. The lowest BCUT2D eigenvalue weighted by Gasteiger charge is -2.07. The third kappa shape index (κ3) is 5.58. The van der Waals surface area contributed by atoms with E-state index in [2.05, 4.69) is 6.92 Å². The van der Waals surface area contributed by atoms with Crippen molar-refractivity contribution in [1.82, 2.24) is 0 Å². The van der Waals surface area contributed by atoms with Crippen LogP contribution in [0.3, 0.4) is 0 Å². The summed E-state index contributed by atoms with van der Waals surface area (Å²) < 4.78 is 24.2. The maximum Gasteiger partial charge on any atom is 0.128 e. The van der Waals surface area contributed by atoms with Crippen LogP contribution in [0, 0.1) is 5.82 Å². The first kappa shape index (κ1) is 15.1. The molecule has 0 radical (unpaired) electrons. The Labute approximate surface area is 108 Å². The van der Waals surface area contributed by atoms with Gasteiger partial charge in [0.15, 0.2) is 0 Å². The molecule has 1 rings (SSSR count). The monoisotopic (exact) mass is 255 g/mol. The number of halogens is 1. The van der Waals surface area contributed by atoms with Crippen LogP contribution < -0.4 is 5.73 Å². The van der Waals surface area contributed by atoms with E-state index in [0.717, 1.165) is 25.0 Å². The summed E-state index contributed by atoms with van der Waals surface area (Å²) in [6.07, 6.45) is 2.19. The minimum atomic E-state index is -0.251. The molecule has 102 valence electrons. The maximum absolute atomic E-state index is 13.4. The normalized spacial score (nSPS) is 10.8. The predicted octanol–water partition coefficient (Wildman–Crippen LogP) is 2.62. The number of hydrogen-bond acceptors (Lipinski definition) is 3. The van der Waals surface area contributed by atoms with Crippen molar-refractivity contribution in [2.24, 2.45) is 5.73 Å². The fourth-order valence-corrected chi connectivity index (χ4v) is 1.51. The number of ether oxygens (including phenoxy) is 2. The van der Waals surface area contributed by atoms with Crippen molar-refractivity contribution in [3.63, 3.8) is 0 Å². The van der Waals surface area contributed by atoms with Crippen LogP contribution in [0.4, 0.5) is 4.39 Å². The van der Waals surface area contributed by atoms with E-state index in [1.165, 1.54) is 6.07 Å². The summed E-state index contributed by atoms with van der Waals surface area (Å²) in [7, 11) is 0. The second-order valence-corrected chi connectivity index (χ2v) is 4.15. The third-order valence-corrected chi connectivity index (χ3v) is 2.62. The van der Waals surface area contributed by atoms with E-state index >= 15 is 0 Å². The zero-order valence-corrected chi connectivity index (χ0v) is 11.0. The van der Waals surface area contributed by atoms with Gasteiger partial charge >= 0.3 is 0 Å². The van der Waals surface area contributed by atoms with Crippen LogP contribution >= 0.6 is 0 Å². The molecule has 18 heavy (non-hydrogen) atoms. The second kappa shape index (κ2) is 9.03. The fourth-order valence-electron chi connectivity index (χ4n) is 1.51. The van der Waals surface area contributed by atoms with Gasteiger partial charge < -0.3 is 15.2 Å². The quantitative estimate of drug-likeness (QED) is 0.690. The molecule has 4 heteroatoms. The Morgan fingerprint density at radius 2 is 1.94 bits per heavy atom. The van der Waals surface area contributed by atoms with Gasteiger partial charge in [0, 0.05) is 18.7 Å². The van der Waals surface area contributed by atoms with Crippen LogP contribution in [0.1, 0.15) is 30.9 Å². The second-order valence-electron chi connectivity index (χ2n) is 4.15. The Balaban J connectivity index is 2.22. The zero-order valence-electron chi connectivity index (χ0n) is 11.0. The van der Waals surface area contributed by atoms with E-state index < -0.39 is 0 Å². The number of nitrogens with two attached hydrogens (primary N) is 1. The SMILES string of the molecule is CCCCOCCOCc1cc(CN)ccc1F. The molecular weight excluding hydrogens is 233 g/mol. The Kier molecular flexibility index (Phi) is 7.57. The standard InChI is InChI=1S/C14H22FNO2/c1-2-3-6-17-7-8-18-11-13-9-12(10-16)4-5-14(13)15/h4-5,9H,2-3,6-8,10-11,16H2,1H3. The van der Waals surface area contributed by atoms with E-state index in [0.29, 0.717) is 25.3 Å². The summed E-state index contributed by atoms with van der Waals surface area (Å²) in [4.78, 5) is 0. The highest BCUT2D eigenvalue weighted by molar-refractivity contribution is 5.24. The molecule has 0 aliphatic heterocycles. The van der Waals surface area contributed by atoms with Crippen molar-refractivity contribution >= 4 is 0 Å². The van der Waals surface area contributed by atoms with Gasteiger partial charge in [-0.05, 0) is 24.1 Å². The number of hydrogen-bond donors (Lipinski definition) is 1. The molecular formula is C14H22FNO2. The van der Waals surface area contributed by atoms with Gasteiger partial charge in [0.05, 0.1) is 19.8 Å². The highest BCUT2D eigenvalue weighted by Crippen LogP contribution is 2.11. The van der Waals surface area contributed by atoms with E-state index in [-0.39, 0.29) is 12.4 Å². The van der Waals surface area contributed by atoms with E-state index in [1.54, 1.807) is 12.1 Å². The summed E-state index contributed by atoms with van der Waals surface area (Å²) >= 11 is 0. The van der Waals surface area contributed by atoms with Gasteiger partial charge in [0.1, 0.15) is 5.82 Å². The molecule has 0 aliphatic carbocycles. The van der Waals surface area contributed by atoms with E-state index in [1.807, 2.05) is 0 Å². The van der Waals surface area contributed by atoms with Gasteiger partial charge in [0.2, 0.25) is 0 Å². The molecule has 3 nitrogen and oxygen atoms in total. The third-order valence-electron chi connectivity index (χ3n) is 2.62. The largest absolute Gasteiger partial charge is 0.379 e. The van der Waals surface area contributed by atoms with Gasteiger partial charge in [-0.2, -0.15) is 0 Å². The number of rotatable bonds is 9. The van der Waals surface area contributed by atoms with Gasteiger partial charge in [-0.15, -0.1) is 0 Å². The van der Waals surface area contributed by atoms with Crippen molar-refractivity contribution in [1.29, 1.82) is 0 Å². The average Bonchev–Trinajstić information content (AvgIpc) is 2.39.